The van der Waals surface area contributed by atoms with Gasteiger partial charge in [0, 0.05) is 40.7 Å². The number of carboxylic acids is 1. The second-order valence-electron chi connectivity index (χ2n) is 9.02. The third-order valence-electron chi connectivity index (χ3n) is 6.39. The molecule has 0 spiro atoms. The van der Waals surface area contributed by atoms with Crippen LogP contribution < -0.4 is 16.0 Å². The van der Waals surface area contributed by atoms with Gasteiger partial charge >= 0.3 is 5.97 Å². The van der Waals surface area contributed by atoms with Gasteiger partial charge in [0.25, 0.3) is 5.91 Å². The Bertz CT molecular complexity index is 1430. The number of nitrogens with one attached hydrogen (secondary N) is 4. The monoisotopic (exact) mass is 532 g/mol. The number of carbonyl (C=O) groups excluding carboxylic acids is 1. The van der Waals surface area contributed by atoms with Crippen molar-refractivity contribution in [3.8, 4) is 11.4 Å². The number of hydrogen-bond acceptors (Lipinski definition) is 7. The lowest BCUT2D eigenvalue weighted by atomic mass is 9.91. The van der Waals surface area contributed by atoms with E-state index < -0.39 is 34.7 Å². The number of aliphatic carboxylic acids is 1. The van der Waals surface area contributed by atoms with Gasteiger partial charge in [-0.05, 0) is 38.7 Å². The minimum absolute atomic E-state index is 0.0356. The number of aryl methyl sites for hydroxylation is 1. The summed E-state index contributed by atoms with van der Waals surface area (Å²) in [5.41, 5.74) is 0.704. The fourth-order valence-corrected chi connectivity index (χ4v) is 5.37. The predicted octanol–water partition coefficient (Wildman–Crippen LogP) is 3.78. The average Bonchev–Trinajstić information content (AvgIpc) is 3.50. The average molecular weight is 533 g/mol. The van der Waals surface area contributed by atoms with Crippen molar-refractivity contribution in [2.75, 3.05) is 5.32 Å². The quantitative estimate of drug-likeness (QED) is 0.324. The van der Waals surface area contributed by atoms with Gasteiger partial charge in [0.1, 0.15) is 17.3 Å². The molecule has 1 aliphatic carbocycles. The highest BCUT2D eigenvalue weighted by Gasteiger charge is 2.30. The molecule has 0 saturated heterocycles. The number of aromatic amines is 1. The van der Waals surface area contributed by atoms with Gasteiger partial charge in [0.05, 0.1) is 11.2 Å². The van der Waals surface area contributed by atoms with Gasteiger partial charge in [0.2, 0.25) is 0 Å². The molecule has 1 fully saturated rings. The number of rotatable bonds is 6. The number of fused-ring (bicyclic) bond motifs is 1. The van der Waals surface area contributed by atoms with Crippen LogP contribution in [-0.2, 0) is 9.59 Å². The Kier molecular flexibility index (Phi) is 6.71. The predicted molar refractivity (Wildman–Crippen MR) is 132 cm³/mol. The second-order valence-corrected chi connectivity index (χ2v) is 10.00. The van der Waals surface area contributed by atoms with Crippen LogP contribution >= 0.6 is 11.8 Å². The van der Waals surface area contributed by atoms with Crippen LogP contribution in [0.1, 0.15) is 31.4 Å². The number of benzene rings is 1. The van der Waals surface area contributed by atoms with Crippen molar-refractivity contribution < 1.29 is 27.9 Å². The summed E-state index contributed by atoms with van der Waals surface area (Å²) >= 11 is 1.01. The molecule has 3 heterocycles. The van der Waals surface area contributed by atoms with Crippen molar-refractivity contribution in [2.24, 2.45) is 0 Å². The molecule has 37 heavy (non-hydrogen) atoms. The van der Waals surface area contributed by atoms with Gasteiger partial charge < -0.3 is 26.0 Å². The molecular weight excluding hydrogens is 509 g/mol. The van der Waals surface area contributed by atoms with Crippen molar-refractivity contribution in [2.45, 2.75) is 50.1 Å². The van der Waals surface area contributed by atoms with E-state index in [9.17, 15) is 22.8 Å². The first-order chi connectivity index (χ1) is 17.7. The van der Waals surface area contributed by atoms with E-state index in [1.807, 2.05) is 0 Å². The molecule has 9 nitrogen and oxygen atoms in total. The fraction of sp³-hybridized carbons (Fsp3) is 0.333. The highest BCUT2D eigenvalue weighted by Crippen LogP contribution is 2.31. The van der Waals surface area contributed by atoms with Gasteiger partial charge in [-0.3, -0.25) is 4.79 Å². The maximum Gasteiger partial charge on any atom is 0.337 e. The number of aromatic nitrogens is 3. The lowest BCUT2D eigenvalue weighted by molar-refractivity contribution is -0.136. The summed E-state index contributed by atoms with van der Waals surface area (Å²) in [6, 6.07) is 1.52. The number of carboxylic acid groups (broad SMARTS) is 1. The second kappa shape index (κ2) is 9.96. The number of amides is 1. The van der Waals surface area contributed by atoms with E-state index in [0.717, 1.165) is 30.7 Å². The zero-order chi connectivity index (χ0) is 26.3. The highest BCUT2D eigenvalue weighted by atomic mass is 32.2. The van der Waals surface area contributed by atoms with Crippen LogP contribution in [0.25, 0.3) is 22.3 Å². The molecule has 5 N–H and O–H groups in total. The van der Waals surface area contributed by atoms with Crippen molar-refractivity contribution in [3.05, 3.63) is 52.6 Å². The lowest BCUT2D eigenvalue weighted by Crippen LogP contribution is -2.44. The van der Waals surface area contributed by atoms with Gasteiger partial charge in [-0.1, -0.05) is 11.8 Å². The minimum atomic E-state index is -1.06. The number of anilines is 1. The molecule has 0 radical (unpaired) electrons. The Morgan fingerprint density at radius 3 is 2.70 bits per heavy atom. The van der Waals surface area contributed by atoms with Crippen molar-refractivity contribution >= 4 is 40.4 Å². The molecule has 1 aromatic carbocycles. The fourth-order valence-electron chi connectivity index (χ4n) is 4.61. The number of nitrogens with zero attached hydrogens (tertiary/aromatic N) is 2. The standard InChI is InChI=1S/C24H23F3N6O3S/c1-10-18(27)21(33-20(29-10)15-8-28-19-14(15)5-11(25)6-16(19)26)30-12-3-2-4-13(7-12)31-22(34)17-9-37-23(32-17)24(35)36/h5-6,8-9,12-13,23,28,32H,2-4,7H2,1H3,(H,31,34)(H,35,36)(H,29,30,33)/t12-,13+,23?/m0/s1. The SMILES string of the molecule is Cc1nc(-c2c[nH]c3c(F)cc(F)cc23)nc(N[C@H]2CCC[C@@H](NC(=O)C3=CSC(C(=O)O)N3)C2)c1F. The highest BCUT2D eigenvalue weighted by molar-refractivity contribution is 8.03. The first-order valence-electron chi connectivity index (χ1n) is 11.6. The first-order valence-corrected chi connectivity index (χ1v) is 12.6. The van der Waals surface area contributed by atoms with E-state index in [-0.39, 0.29) is 46.0 Å². The summed E-state index contributed by atoms with van der Waals surface area (Å²) in [6.45, 7) is 1.48. The van der Waals surface area contributed by atoms with Crippen LogP contribution in [-0.4, -0.2) is 49.4 Å². The van der Waals surface area contributed by atoms with Crippen LogP contribution in [0.4, 0.5) is 19.0 Å². The summed E-state index contributed by atoms with van der Waals surface area (Å²) in [5.74, 6) is -3.52. The normalized spacial score (nSPS) is 21.4. The Morgan fingerprint density at radius 2 is 1.95 bits per heavy atom. The molecule has 1 unspecified atom stereocenters. The molecule has 0 bridgehead atoms. The molecule has 2 aliphatic rings. The van der Waals surface area contributed by atoms with Crippen LogP contribution in [0, 0.1) is 24.4 Å². The molecule has 5 rings (SSSR count). The van der Waals surface area contributed by atoms with Crippen LogP contribution in [0.5, 0.6) is 0 Å². The van der Waals surface area contributed by atoms with Crippen LogP contribution in [0.15, 0.2) is 29.4 Å². The summed E-state index contributed by atoms with van der Waals surface area (Å²) in [7, 11) is 0. The van der Waals surface area contributed by atoms with Crippen LogP contribution in [0.3, 0.4) is 0 Å². The van der Waals surface area contributed by atoms with E-state index in [1.54, 1.807) is 0 Å². The van der Waals surface area contributed by atoms with Crippen LogP contribution in [0.2, 0.25) is 0 Å². The molecule has 2 aromatic heterocycles. The number of carbonyl (C=O) groups is 2. The maximum absolute atomic E-state index is 15.0. The molecule has 1 saturated carbocycles. The molecule has 1 aliphatic heterocycles. The van der Waals surface area contributed by atoms with E-state index >= 15 is 0 Å². The number of halogens is 3. The molecule has 3 atom stereocenters. The van der Waals surface area contributed by atoms with E-state index in [1.165, 1.54) is 24.6 Å². The summed E-state index contributed by atoms with van der Waals surface area (Å²) in [4.78, 5) is 34.9. The zero-order valence-electron chi connectivity index (χ0n) is 19.6. The summed E-state index contributed by atoms with van der Waals surface area (Å²) in [5, 5.41) is 18.6. The number of hydrogen-bond donors (Lipinski definition) is 5. The third-order valence-corrected chi connectivity index (χ3v) is 7.35. The van der Waals surface area contributed by atoms with E-state index in [0.29, 0.717) is 18.4 Å². The summed E-state index contributed by atoms with van der Waals surface area (Å²) in [6.07, 6.45) is 4.15. The van der Waals surface area contributed by atoms with Crippen molar-refractivity contribution in [1.29, 1.82) is 0 Å². The summed E-state index contributed by atoms with van der Waals surface area (Å²) < 4.78 is 43.0. The molecule has 1 amide bonds. The number of H-pyrrole nitrogens is 1. The Morgan fingerprint density at radius 1 is 1.16 bits per heavy atom. The van der Waals surface area contributed by atoms with Crippen molar-refractivity contribution in [1.82, 2.24) is 25.6 Å². The molecule has 194 valence electrons. The van der Waals surface area contributed by atoms with Gasteiger partial charge in [0.15, 0.2) is 22.8 Å². The Hall–Kier alpha value is -3.74. The smallest absolute Gasteiger partial charge is 0.337 e. The Balaban J connectivity index is 1.31. The molecular formula is C24H23F3N6O3S. The van der Waals surface area contributed by atoms with Gasteiger partial charge in [-0.25, -0.2) is 27.9 Å². The Labute approximate surface area is 213 Å². The van der Waals surface area contributed by atoms with Gasteiger partial charge in [-0.2, -0.15) is 0 Å². The van der Waals surface area contributed by atoms with Gasteiger partial charge in [-0.15, -0.1) is 0 Å². The third kappa shape index (κ3) is 5.08. The lowest BCUT2D eigenvalue weighted by Gasteiger charge is -2.31. The van der Waals surface area contributed by atoms with E-state index in [2.05, 4.69) is 30.9 Å². The minimum Gasteiger partial charge on any atom is -0.479 e. The van der Waals surface area contributed by atoms with E-state index in [4.69, 9.17) is 5.11 Å². The molecule has 3 aromatic rings. The topological polar surface area (TPSA) is 132 Å². The zero-order valence-corrected chi connectivity index (χ0v) is 20.4. The number of thioether (sulfide) groups is 1. The largest absolute Gasteiger partial charge is 0.479 e. The first kappa shape index (κ1) is 24.9. The van der Waals surface area contributed by atoms with Crippen molar-refractivity contribution in [3.63, 3.8) is 0 Å². The molecule has 13 heteroatoms. The maximum atomic E-state index is 15.0.